The van der Waals surface area contributed by atoms with E-state index in [1.807, 2.05) is 9.80 Å². The summed E-state index contributed by atoms with van der Waals surface area (Å²) in [4.78, 5) is 31.5. The maximum atomic E-state index is 14.2. The van der Waals surface area contributed by atoms with Crippen LogP contribution in [0.3, 0.4) is 0 Å². The molecular weight excluding hydrogens is 476 g/mol. The number of carbonyl (C=O) groups is 2. The highest BCUT2D eigenvalue weighted by atomic mass is 19.1. The van der Waals surface area contributed by atoms with Crippen molar-refractivity contribution >= 4 is 11.8 Å². The van der Waals surface area contributed by atoms with Crippen LogP contribution in [0, 0.1) is 23.0 Å². The predicted molar refractivity (Wildman–Crippen MR) is 139 cm³/mol. The summed E-state index contributed by atoms with van der Waals surface area (Å²) in [5.74, 6) is -0.832. The minimum atomic E-state index is -0.574. The lowest BCUT2D eigenvalue weighted by Gasteiger charge is -2.42. The lowest BCUT2D eigenvalue weighted by molar-refractivity contribution is -0.143. The van der Waals surface area contributed by atoms with Gasteiger partial charge in [0.1, 0.15) is 17.7 Å². The molecule has 3 heterocycles. The van der Waals surface area contributed by atoms with Crippen molar-refractivity contribution in [3.63, 3.8) is 0 Å². The Morgan fingerprint density at radius 1 is 1.03 bits per heavy atom. The van der Waals surface area contributed by atoms with Crippen LogP contribution in [0.4, 0.5) is 8.78 Å². The number of fused-ring (bicyclic) bond motifs is 1. The fourth-order valence-electron chi connectivity index (χ4n) is 6.20. The standard InChI is InChI=1S/C29H43F2N3O3/c1-21(2)18-26-27(35)34-14-7-8-22(34)20-37-17-5-3-4-11-29(28(36)32-26)12-15-33(16-13-29)19-23-24(30)9-6-10-25(23)31/h6,9-10,21-22,26H,3-5,7-8,11-20H2,1-2H3,(H,32,36)/t22-,26-/m0/s1. The van der Waals surface area contributed by atoms with Crippen LogP contribution in [0.15, 0.2) is 18.2 Å². The molecule has 206 valence electrons. The Hall–Kier alpha value is -2.06. The lowest BCUT2D eigenvalue weighted by atomic mass is 9.73. The van der Waals surface area contributed by atoms with Gasteiger partial charge in [0.05, 0.1) is 18.1 Å². The van der Waals surface area contributed by atoms with Gasteiger partial charge in [-0.15, -0.1) is 0 Å². The van der Waals surface area contributed by atoms with Crippen molar-refractivity contribution in [1.29, 1.82) is 0 Å². The Bertz CT molecular complexity index is 913. The van der Waals surface area contributed by atoms with E-state index in [9.17, 15) is 18.4 Å². The van der Waals surface area contributed by atoms with Crippen LogP contribution in [0.2, 0.25) is 0 Å². The summed E-state index contributed by atoms with van der Waals surface area (Å²) < 4.78 is 34.4. The third-order valence-corrected chi connectivity index (χ3v) is 8.46. The van der Waals surface area contributed by atoms with E-state index in [4.69, 9.17) is 4.74 Å². The number of nitrogens with zero attached hydrogens (tertiary/aromatic N) is 2. The fraction of sp³-hybridized carbons (Fsp3) is 0.724. The lowest BCUT2D eigenvalue weighted by Crippen LogP contribution is -2.56. The first kappa shape index (κ1) is 28.0. The second-order valence-corrected chi connectivity index (χ2v) is 11.6. The Balaban J connectivity index is 1.50. The molecule has 3 aliphatic heterocycles. The summed E-state index contributed by atoms with van der Waals surface area (Å²) in [7, 11) is 0. The zero-order valence-corrected chi connectivity index (χ0v) is 22.4. The van der Waals surface area contributed by atoms with Crippen molar-refractivity contribution in [3.8, 4) is 0 Å². The summed E-state index contributed by atoms with van der Waals surface area (Å²) in [6.45, 7) is 7.47. The molecule has 4 rings (SSSR count). The quantitative estimate of drug-likeness (QED) is 0.629. The number of halogens is 2. The monoisotopic (exact) mass is 519 g/mol. The molecule has 0 aliphatic carbocycles. The molecule has 2 atom stereocenters. The van der Waals surface area contributed by atoms with Crippen LogP contribution in [0.25, 0.3) is 0 Å². The number of ether oxygens (including phenoxy) is 1. The SMILES string of the molecule is CC(C)C[C@@H]1NC(=O)C2(CCCCCOC[C@@H]3CCCN3C1=O)CCN(Cc1c(F)cccc1F)CC2. The summed E-state index contributed by atoms with van der Waals surface area (Å²) >= 11 is 0. The maximum absolute atomic E-state index is 14.2. The molecule has 2 amide bonds. The van der Waals surface area contributed by atoms with E-state index < -0.39 is 23.1 Å². The van der Waals surface area contributed by atoms with Crippen LogP contribution >= 0.6 is 0 Å². The Morgan fingerprint density at radius 3 is 2.46 bits per heavy atom. The molecule has 0 aromatic heterocycles. The first-order valence-corrected chi connectivity index (χ1v) is 14.1. The maximum Gasteiger partial charge on any atom is 0.245 e. The van der Waals surface area contributed by atoms with Gasteiger partial charge in [0, 0.05) is 25.3 Å². The van der Waals surface area contributed by atoms with E-state index in [1.54, 1.807) is 0 Å². The second-order valence-electron chi connectivity index (χ2n) is 11.6. The van der Waals surface area contributed by atoms with Crippen LogP contribution in [-0.4, -0.2) is 66.5 Å². The minimum absolute atomic E-state index is 0.00724. The van der Waals surface area contributed by atoms with E-state index in [0.717, 1.165) is 38.5 Å². The van der Waals surface area contributed by atoms with Crippen molar-refractivity contribution in [2.75, 3.05) is 32.8 Å². The molecule has 1 aromatic carbocycles. The number of amides is 2. The Morgan fingerprint density at radius 2 is 1.76 bits per heavy atom. The third kappa shape index (κ3) is 6.88. The summed E-state index contributed by atoms with van der Waals surface area (Å²) in [5.41, 5.74) is -0.494. The Labute approximate surface area is 220 Å². The van der Waals surface area contributed by atoms with E-state index in [2.05, 4.69) is 19.2 Å². The zero-order valence-electron chi connectivity index (χ0n) is 22.4. The Kier molecular flexibility index (Phi) is 9.57. The molecule has 3 aliphatic rings. The third-order valence-electron chi connectivity index (χ3n) is 8.46. The van der Waals surface area contributed by atoms with E-state index in [-0.39, 0.29) is 35.9 Å². The van der Waals surface area contributed by atoms with Crippen molar-refractivity contribution < 1.29 is 23.1 Å². The number of piperidine rings is 1. The average Bonchev–Trinajstić information content (AvgIpc) is 3.33. The number of rotatable bonds is 4. The minimum Gasteiger partial charge on any atom is -0.379 e. The van der Waals surface area contributed by atoms with Gasteiger partial charge >= 0.3 is 0 Å². The van der Waals surface area contributed by atoms with E-state index in [0.29, 0.717) is 52.1 Å². The van der Waals surface area contributed by atoms with Crippen LogP contribution in [0.1, 0.15) is 77.2 Å². The highest BCUT2D eigenvalue weighted by Gasteiger charge is 2.43. The number of hydrogen-bond acceptors (Lipinski definition) is 4. The molecule has 37 heavy (non-hydrogen) atoms. The smallest absolute Gasteiger partial charge is 0.245 e. The van der Waals surface area contributed by atoms with Gasteiger partial charge in [0.25, 0.3) is 0 Å². The molecule has 3 saturated heterocycles. The number of hydrogen-bond donors (Lipinski definition) is 1. The second kappa shape index (κ2) is 12.7. The van der Waals surface area contributed by atoms with Crippen LogP contribution in [-0.2, 0) is 20.9 Å². The van der Waals surface area contributed by atoms with Gasteiger partial charge in [-0.05, 0) is 76.1 Å². The molecule has 6 nitrogen and oxygen atoms in total. The first-order valence-electron chi connectivity index (χ1n) is 14.1. The van der Waals surface area contributed by atoms with E-state index >= 15 is 0 Å². The molecule has 1 N–H and O–H groups in total. The van der Waals surface area contributed by atoms with Gasteiger partial charge in [-0.3, -0.25) is 14.5 Å². The molecule has 1 spiro atoms. The number of benzene rings is 1. The van der Waals surface area contributed by atoms with Gasteiger partial charge in [-0.2, -0.15) is 0 Å². The molecule has 0 saturated carbocycles. The van der Waals surface area contributed by atoms with Gasteiger partial charge in [-0.1, -0.05) is 32.8 Å². The molecule has 0 bridgehead atoms. The van der Waals surface area contributed by atoms with Crippen LogP contribution in [0.5, 0.6) is 0 Å². The van der Waals surface area contributed by atoms with Gasteiger partial charge in [0.2, 0.25) is 11.8 Å². The van der Waals surface area contributed by atoms with Gasteiger partial charge < -0.3 is 15.0 Å². The van der Waals surface area contributed by atoms with Crippen molar-refractivity contribution in [2.24, 2.45) is 11.3 Å². The summed E-state index contributed by atoms with van der Waals surface area (Å²) in [5, 5.41) is 3.20. The number of nitrogens with one attached hydrogen (secondary N) is 1. The molecular formula is C29H43F2N3O3. The van der Waals surface area contributed by atoms with E-state index in [1.165, 1.54) is 18.2 Å². The predicted octanol–water partition coefficient (Wildman–Crippen LogP) is 4.66. The number of carbonyl (C=O) groups excluding carboxylic acids is 2. The van der Waals surface area contributed by atoms with Crippen molar-refractivity contribution in [2.45, 2.75) is 90.3 Å². The van der Waals surface area contributed by atoms with Crippen LogP contribution < -0.4 is 5.32 Å². The van der Waals surface area contributed by atoms with Gasteiger partial charge in [0.15, 0.2) is 0 Å². The molecule has 0 radical (unpaired) electrons. The zero-order chi connectivity index (χ0) is 26.4. The molecule has 0 unspecified atom stereocenters. The molecule has 1 aromatic rings. The molecule has 3 fully saturated rings. The normalized spacial score (nSPS) is 26.2. The number of likely N-dealkylation sites (tertiary alicyclic amines) is 1. The summed E-state index contributed by atoms with van der Waals surface area (Å²) in [6.07, 6.45) is 7.31. The summed E-state index contributed by atoms with van der Waals surface area (Å²) in [6, 6.07) is 3.49. The average molecular weight is 520 g/mol. The van der Waals surface area contributed by atoms with Gasteiger partial charge in [-0.25, -0.2) is 8.78 Å². The highest BCUT2D eigenvalue weighted by Crippen LogP contribution is 2.38. The first-order chi connectivity index (χ1) is 17.8. The highest BCUT2D eigenvalue weighted by molar-refractivity contribution is 5.90. The van der Waals surface area contributed by atoms with Crippen molar-refractivity contribution in [1.82, 2.24) is 15.1 Å². The fourth-order valence-corrected chi connectivity index (χ4v) is 6.20. The molecule has 8 heteroatoms. The van der Waals surface area contributed by atoms with Crippen molar-refractivity contribution in [3.05, 3.63) is 35.4 Å². The largest absolute Gasteiger partial charge is 0.379 e. The topological polar surface area (TPSA) is 61.9 Å².